The van der Waals surface area contributed by atoms with Crippen molar-refractivity contribution in [1.29, 1.82) is 0 Å². The lowest BCUT2D eigenvalue weighted by atomic mass is 10.0. The van der Waals surface area contributed by atoms with E-state index in [9.17, 15) is 14.7 Å². The number of aromatic nitrogens is 1. The van der Waals surface area contributed by atoms with Crippen LogP contribution in [0.15, 0.2) is 41.0 Å². The van der Waals surface area contributed by atoms with Gasteiger partial charge in [0.1, 0.15) is 12.3 Å². The quantitative estimate of drug-likeness (QED) is 0.625. The lowest BCUT2D eigenvalue weighted by molar-refractivity contribution is -0.109. The van der Waals surface area contributed by atoms with Crippen molar-refractivity contribution in [2.45, 2.75) is 6.04 Å². The van der Waals surface area contributed by atoms with Gasteiger partial charge in [-0.05, 0) is 11.6 Å². The monoisotopic (exact) mass is 402 g/mol. The van der Waals surface area contributed by atoms with Crippen LogP contribution in [0.1, 0.15) is 27.7 Å². The number of benzene rings is 1. The van der Waals surface area contributed by atoms with Crippen LogP contribution in [-0.4, -0.2) is 36.0 Å². The minimum absolute atomic E-state index is 0.165. The molecule has 128 valence electrons. The number of methoxy groups -OCH3 is 1. The van der Waals surface area contributed by atoms with Crippen LogP contribution < -0.4 is 4.90 Å². The molecule has 1 aliphatic rings. The van der Waals surface area contributed by atoms with Crippen molar-refractivity contribution in [3.63, 3.8) is 0 Å². The van der Waals surface area contributed by atoms with E-state index >= 15 is 0 Å². The maximum Gasteiger partial charge on any atom is 0.360 e. The van der Waals surface area contributed by atoms with Gasteiger partial charge in [-0.1, -0.05) is 46.3 Å². The second kappa shape index (κ2) is 7.06. The molecular weight excluding hydrogens is 388 g/mol. The molecule has 0 saturated carbocycles. The van der Waals surface area contributed by atoms with Gasteiger partial charge in [-0.2, -0.15) is 0 Å². The first-order chi connectivity index (χ1) is 12.1. The summed E-state index contributed by atoms with van der Waals surface area (Å²) in [6.45, 7) is 0.435. The van der Waals surface area contributed by atoms with E-state index in [2.05, 4.69) is 25.7 Å². The molecular formula is C18H15BrN2O4. The van der Waals surface area contributed by atoms with Crippen molar-refractivity contribution in [2.75, 3.05) is 18.6 Å². The Kier molecular flexibility index (Phi) is 4.85. The fourth-order valence-electron chi connectivity index (χ4n) is 2.80. The summed E-state index contributed by atoms with van der Waals surface area (Å²) in [6, 6.07) is 8.77. The molecule has 1 N–H and O–H groups in total. The molecule has 2 aromatic rings. The lowest BCUT2D eigenvalue weighted by Crippen LogP contribution is -2.33. The van der Waals surface area contributed by atoms with E-state index in [0.29, 0.717) is 17.8 Å². The van der Waals surface area contributed by atoms with Gasteiger partial charge < -0.3 is 19.5 Å². The Labute approximate surface area is 152 Å². The number of aldehydes is 1. The molecule has 1 aliphatic heterocycles. The number of rotatable bonds is 4. The highest BCUT2D eigenvalue weighted by atomic mass is 79.9. The average Bonchev–Trinajstić information content (AvgIpc) is 2.63. The first-order valence-electron chi connectivity index (χ1n) is 7.50. The van der Waals surface area contributed by atoms with Gasteiger partial charge in [-0.15, -0.1) is 0 Å². The molecule has 0 radical (unpaired) electrons. The van der Waals surface area contributed by atoms with E-state index in [1.54, 1.807) is 6.08 Å². The number of aromatic hydroxyl groups is 1. The number of nitrogens with zero attached hydrogens (tertiary/aromatic N) is 2. The zero-order chi connectivity index (χ0) is 18.0. The summed E-state index contributed by atoms with van der Waals surface area (Å²) in [4.78, 5) is 29.4. The smallest absolute Gasteiger partial charge is 0.360 e. The van der Waals surface area contributed by atoms with Crippen LogP contribution in [0, 0.1) is 0 Å². The molecule has 7 heteroatoms. The van der Waals surface area contributed by atoms with E-state index < -0.39 is 12.0 Å². The standard InChI is InChI=1S/C18H15BrN2O4/c1-25-18(24)16-17(23)13-7-12(19)9-21(14(13)8-20-16)15(10-22)11-5-3-2-4-6-11/h2-8,10,15,23H,9H2,1H3. The lowest BCUT2D eigenvalue weighted by Gasteiger charge is -2.34. The van der Waals surface area contributed by atoms with Crippen LogP contribution in [0.3, 0.4) is 0 Å². The predicted octanol–water partition coefficient (Wildman–Crippen LogP) is 3.07. The number of hydrogen-bond donors (Lipinski definition) is 1. The van der Waals surface area contributed by atoms with E-state index in [0.717, 1.165) is 16.3 Å². The largest absolute Gasteiger partial charge is 0.505 e. The topological polar surface area (TPSA) is 79.7 Å². The summed E-state index contributed by atoms with van der Waals surface area (Å²) >= 11 is 3.44. The summed E-state index contributed by atoms with van der Waals surface area (Å²) in [7, 11) is 1.22. The fourth-order valence-corrected chi connectivity index (χ4v) is 3.30. The van der Waals surface area contributed by atoms with Crippen molar-refractivity contribution >= 4 is 39.9 Å². The normalized spacial score (nSPS) is 14.3. The maximum absolute atomic E-state index is 11.8. The van der Waals surface area contributed by atoms with Gasteiger partial charge in [0.05, 0.1) is 25.5 Å². The number of carbonyl (C=O) groups excluding carboxylic acids is 2. The first-order valence-corrected chi connectivity index (χ1v) is 8.29. The van der Waals surface area contributed by atoms with Gasteiger partial charge >= 0.3 is 5.97 Å². The molecule has 0 bridgehead atoms. The van der Waals surface area contributed by atoms with Crippen molar-refractivity contribution in [2.24, 2.45) is 0 Å². The number of pyridine rings is 1. The first kappa shape index (κ1) is 17.2. The number of fused-ring (bicyclic) bond motifs is 1. The second-order valence-corrected chi connectivity index (χ2v) is 6.48. The van der Waals surface area contributed by atoms with E-state index in [4.69, 9.17) is 0 Å². The Bertz CT molecular complexity index is 852. The maximum atomic E-state index is 11.8. The number of ether oxygens (including phenoxy) is 1. The molecule has 3 rings (SSSR count). The zero-order valence-electron chi connectivity index (χ0n) is 13.3. The number of anilines is 1. The average molecular weight is 403 g/mol. The molecule has 0 fully saturated rings. The summed E-state index contributed by atoms with van der Waals surface area (Å²) in [5.74, 6) is -0.999. The van der Waals surface area contributed by atoms with E-state index in [1.165, 1.54) is 13.3 Å². The Balaban J connectivity index is 2.12. The van der Waals surface area contributed by atoms with Crippen LogP contribution in [0.25, 0.3) is 6.08 Å². The second-order valence-electron chi connectivity index (χ2n) is 5.46. The van der Waals surface area contributed by atoms with Crippen molar-refractivity contribution in [1.82, 2.24) is 4.98 Å². The summed E-state index contributed by atoms with van der Waals surface area (Å²) in [5, 5.41) is 10.5. The van der Waals surface area contributed by atoms with Gasteiger partial charge in [0, 0.05) is 10.0 Å². The van der Waals surface area contributed by atoms with Crippen molar-refractivity contribution in [3.05, 3.63) is 57.8 Å². The van der Waals surface area contributed by atoms with Crippen molar-refractivity contribution < 1.29 is 19.4 Å². The van der Waals surface area contributed by atoms with Gasteiger partial charge in [-0.25, -0.2) is 9.78 Å². The van der Waals surface area contributed by atoms with Crippen LogP contribution >= 0.6 is 15.9 Å². The number of carbonyl (C=O) groups is 2. The van der Waals surface area contributed by atoms with Crippen LogP contribution in [-0.2, 0) is 9.53 Å². The van der Waals surface area contributed by atoms with Gasteiger partial charge in [0.25, 0.3) is 0 Å². The minimum atomic E-state index is -0.725. The molecule has 0 aliphatic carbocycles. The molecule has 0 saturated heterocycles. The number of halogens is 1. The summed E-state index contributed by atoms with van der Waals surface area (Å²) in [5.41, 5.74) is 1.63. The Morgan fingerprint density at radius 2 is 2.12 bits per heavy atom. The number of esters is 1. The molecule has 0 amide bonds. The molecule has 1 aromatic carbocycles. The third-order valence-corrected chi connectivity index (χ3v) is 4.47. The molecule has 0 spiro atoms. The van der Waals surface area contributed by atoms with Crippen molar-refractivity contribution in [3.8, 4) is 5.75 Å². The SMILES string of the molecule is COC(=O)c1ncc2c(c1O)C=C(Br)CN2C(C=O)c1ccccc1. The van der Waals surface area contributed by atoms with Crippen LogP contribution in [0.4, 0.5) is 5.69 Å². The van der Waals surface area contributed by atoms with Crippen LogP contribution in [0.2, 0.25) is 0 Å². The zero-order valence-corrected chi connectivity index (χ0v) is 14.9. The van der Waals surface area contributed by atoms with Gasteiger partial charge in [0.15, 0.2) is 11.4 Å². The molecule has 1 unspecified atom stereocenters. The molecule has 2 heterocycles. The van der Waals surface area contributed by atoms with Gasteiger partial charge in [-0.3, -0.25) is 0 Å². The highest BCUT2D eigenvalue weighted by Crippen LogP contribution is 2.40. The molecule has 1 aromatic heterocycles. The van der Waals surface area contributed by atoms with Gasteiger partial charge in [0.2, 0.25) is 0 Å². The predicted molar refractivity (Wildman–Crippen MR) is 96.7 cm³/mol. The summed E-state index contributed by atoms with van der Waals surface area (Å²) < 4.78 is 5.40. The van der Waals surface area contributed by atoms with E-state index in [-0.39, 0.29) is 11.4 Å². The molecule has 25 heavy (non-hydrogen) atoms. The third-order valence-electron chi connectivity index (χ3n) is 3.99. The summed E-state index contributed by atoms with van der Waals surface area (Å²) in [6.07, 6.45) is 4.02. The Hall–Kier alpha value is -2.67. The Morgan fingerprint density at radius 1 is 1.40 bits per heavy atom. The van der Waals surface area contributed by atoms with E-state index in [1.807, 2.05) is 35.2 Å². The van der Waals surface area contributed by atoms with Crippen LogP contribution in [0.5, 0.6) is 5.75 Å². The highest BCUT2D eigenvalue weighted by Gasteiger charge is 2.29. The highest BCUT2D eigenvalue weighted by molar-refractivity contribution is 9.11. The molecule has 1 atom stereocenters. The molecule has 6 nitrogen and oxygen atoms in total. The number of hydrogen-bond acceptors (Lipinski definition) is 6. The third kappa shape index (κ3) is 3.15. The Morgan fingerprint density at radius 3 is 2.76 bits per heavy atom. The minimum Gasteiger partial charge on any atom is -0.505 e. The fraction of sp³-hybridized carbons (Fsp3) is 0.167.